The minimum atomic E-state index is -1.59. The zero-order valence-electron chi connectivity index (χ0n) is 16.8. The summed E-state index contributed by atoms with van der Waals surface area (Å²) in [5.74, 6) is 0.737. The second-order valence-corrected chi connectivity index (χ2v) is 7.62. The standard InChI is InChI=1S/C22H19N3O4/c1-24-10-19(26)25-16(22(24)27)9-14-13-4-2-3-5-15(13)23-20(14)21(25)12-6-7-17-18(8-12)29-11-28-17/h2-8,16,21,23H,9-11H2,1H3/t16-,21-/m0/s1/i21D. The zero-order chi connectivity index (χ0) is 20.6. The number of hydrogen-bond donors (Lipinski definition) is 1. The van der Waals surface area contributed by atoms with Crippen molar-refractivity contribution in [3.05, 3.63) is 59.3 Å². The summed E-state index contributed by atoms with van der Waals surface area (Å²) in [5.41, 5.74) is 2.95. The number of aromatic amines is 1. The first-order valence-electron chi connectivity index (χ1n) is 10.1. The summed E-state index contributed by atoms with van der Waals surface area (Å²) in [5, 5.41) is 0.970. The Hall–Kier alpha value is -3.48. The number of carbonyl (C=O) groups is 2. The highest BCUT2D eigenvalue weighted by molar-refractivity contribution is 5.97. The number of aromatic nitrogens is 1. The third kappa shape index (κ3) is 2.24. The zero-order valence-corrected chi connectivity index (χ0v) is 15.8. The van der Waals surface area contributed by atoms with Gasteiger partial charge in [0.05, 0.1) is 13.9 Å². The number of fused-ring (bicyclic) bond motifs is 5. The summed E-state index contributed by atoms with van der Waals surface area (Å²) in [6.45, 7) is 0.0754. The number of hydrogen-bond acceptors (Lipinski definition) is 4. The third-order valence-corrected chi connectivity index (χ3v) is 5.95. The smallest absolute Gasteiger partial charge is 0.245 e. The first-order chi connectivity index (χ1) is 14.5. The summed E-state index contributed by atoms with van der Waals surface area (Å²) in [6.07, 6.45) is 0.374. The van der Waals surface area contributed by atoms with Crippen molar-refractivity contribution in [1.82, 2.24) is 14.8 Å². The van der Waals surface area contributed by atoms with Gasteiger partial charge in [0.1, 0.15) is 6.04 Å². The van der Waals surface area contributed by atoms with E-state index in [0.29, 0.717) is 29.2 Å². The molecule has 2 amide bonds. The summed E-state index contributed by atoms with van der Waals surface area (Å²) in [4.78, 5) is 32.5. The van der Waals surface area contributed by atoms with Crippen LogP contribution in [0.1, 0.15) is 24.2 Å². The summed E-state index contributed by atoms with van der Waals surface area (Å²) < 4.78 is 20.6. The van der Waals surface area contributed by atoms with E-state index in [1.807, 2.05) is 24.3 Å². The van der Waals surface area contributed by atoms with Crippen LogP contribution in [0, 0.1) is 0 Å². The first-order valence-corrected chi connectivity index (χ1v) is 9.56. The molecule has 6 rings (SSSR count). The normalized spacial score (nSPS) is 25.8. The second-order valence-electron chi connectivity index (χ2n) is 7.62. The molecule has 4 heterocycles. The van der Waals surface area contributed by atoms with Gasteiger partial charge in [0, 0.05) is 30.1 Å². The molecule has 0 aliphatic carbocycles. The number of H-pyrrole nitrogens is 1. The Kier molecular flexibility index (Phi) is 3.07. The Morgan fingerprint density at radius 3 is 2.86 bits per heavy atom. The van der Waals surface area contributed by atoms with Crippen molar-refractivity contribution in [2.45, 2.75) is 18.5 Å². The fourth-order valence-electron chi connectivity index (χ4n) is 4.61. The molecule has 1 fully saturated rings. The predicted octanol–water partition coefficient (Wildman–Crippen LogP) is 2.21. The molecule has 0 spiro atoms. The maximum absolute atomic E-state index is 13.2. The highest BCUT2D eigenvalue weighted by Crippen LogP contribution is 2.44. The lowest BCUT2D eigenvalue weighted by Crippen LogP contribution is -2.62. The molecular formula is C22H19N3O4. The predicted molar refractivity (Wildman–Crippen MR) is 105 cm³/mol. The van der Waals surface area contributed by atoms with E-state index < -0.39 is 12.1 Å². The maximum Gasteiger partial charge on any atom is 0.245 e. The van der Waals surface area contributed by atoms with Gasteiger partial charge in [-0.05, 0) is 29.3 Å². The number of likely N-dealkylation sites (N-methyl/N-ethyl adjacent to an activating group) is 1. The molecule has 146 valence electrons. The fraction of sp³-hybridized carbons (Fsp3) is 0.273. The van der Waals surface area contributed by atoms with Crippen LogP contribution in [0.3, 0.4) is 0 Å². The minimum Gasteiger partial charge on any atom is -0.454 e. The summed E-state index contributed by atoms with van der Waals surface area (Å²) in [7, 11) is 1.63. The fourth-order valence-corrected chi connectivity index (χ4v) is 4.61. The molecule has 3 aliphatic heterocycles. The Morgan fingerprint density at radius 2 is 1.97 bits per heavy atom. The number of benzene rings is 2. The SMILES string of the molecule is [2H][C@]1(c2ccc3c(c2)OCO3)c2[nH]c3ccccc3c2C[C@H]2C(=O)N(C)CC(=O)N21. The monoisotopic (exact) mass is 390 g/mol. The second kappa shape index (κ2) is 5.76. The number of amides is 2. The number of para-hydroxylation sites is 1. The van der Waals surface area contributed by atoms with Crippen molar-refractivity contribution in [3.8, 4) is 11.5 Å². The van der Waals surface area contributed by atoms with Gasteiger partial charge in [-0.1, -0.05) is 24.3 Å². The largest absolute Gasteiger partial charge is 0.454 e. The molecule has 7 nitrogen and oxygen atoms in total. The van der Waals surface area contributed by atoms with E-state index in [9.17, 15) is 11.0 Å². The van der Waals surface area contributed by atoms with Crippen LogP contribution in [-0.2, 0) is 16.0 Å². The Morgan fingerprint density at radius 1 is 1.14 bits per heavy atom. The van der Waals surface area contributed by atoms with E-state index in [1.165, 1.54) is 9.80 Å². The van der Waals surface area contributed by atoms with E-state index in [-0.39, 0.29) is 25.2 Å². The number of nitrogens with zero attached hydrogens (tertiary/aromatic N) is 2. The molecule has 1 N–H and O–H groups in total. The number of nitrogens with one attached hydrogen (secondary N) is 1. The first kappa shape index (κ1) is 15.4. The molecule has 3 aromatic rings. The van der Waals surface area contributed by atoms with Gasteiger partial charge in [-0.3, -0.25) is 9.59 Å². The average molecular weight is 390 g/mol. The highest BCUT2D eigenvalue weighted by atomic mass is 16.7. The molecule has 1 saturated heterocycles. The van der Waals surface area contributed by atoms with Gasteiger partial charge in [0.15, 0.2) is 11.5 Å². The Labute approximate surface area is 168 Å². The molecule has 0 saturated carbocycles. The van der Waals surface area contributed by atoms with E-state index in [4.69, 9.17) is 9.47 Å². The molecule has 0 bridgehead atoms. The number of ether oxygens (including phenoxy) is 2. The van der Waals surface area contributed by atoms with Crippen LogP contribution in [0.5, 0.6) is 11.5 Å². The van der Waals surface area contributed by atoms with Gasteiger partial charge in [0.25, 0.3) is 0 Å². The lowest BCUT2D eigenvalue weighted by molar-refractivity contribution is -0.157. The number of rotatable bonds is 1. The van der Waals surface area contributed by atoms with Crippen molar-refractivity contribution in [3.63, 3.8) is 0 Å². The van der Waals surface area contributed by atoms with Crippen molar-refractivity contribution >= 4 is 22.7 Å². The average Bonchev–Trinajstić information content (AvgIpc) is 3.36. The molecule has 7 heteroatoms. The number of piperazine rings is 1. The van der Waals surface area contributed by atoms with Gasteiger partial charge in [0.2, 0.25) is 18.6 Å². The topological polar surface area (TPSA) is 74.9 Å². The van der Waals surface area contributed by atoms with Crippen molar-refractivity contribution in [2.24, 2.45) is 0 Å². The van der Waals surface area contributed by atoms with E-state index >= 15 is 0 Å². The number of carbonyl (C=O) groups excluding carboxylic acids is 2. The van der Waals surface area contributed by atoms with Gasteiger partial charge in [-0.25, -0.2) is 0 Å². The molecule has 2 atom stereocenters. The van der Waals surface area contributed by atoms with E-state index in [2.05, 4.69) is 4.98 Å². The van der Waals surface area contributed by atoms with Gasteiger partial charge in [-0.15, -0.1) is 0 Å². The molecule has 2 aromatic carbocycles. The highest BCUT2D eigenvalue weighted by Gasteiger charge is 2.47. The van der Waals surface area contributed by atoms with Crippen LogP contribution < -0.4 is 9.47 Å². The lowest BCUT2D eigenvalue weighted by atomic mass is 9.86. The van der Waals surface area contributed by atoms with Crippen LogP contribution in [0.4, 0.5) is 0 Å². The molecule has 29 heavy (non-hydrogen) atoms. The quantitative estimate of drug-likeness (QED) is 0.691. The molecule has 3 aliphatic rings. The minimum absolute atomic E-state index is 0.0456. The van der Waals surface area contributed by atoms with E-state index in [1.54, 1.807) is 25.2 Å². The van der Waals surface area contributed by atoms with Crippen LogP contribution in [0.15, 0.2) is 42.5 Å². The third-order valence-electron chi connectivity index (χ3n) is 5.95. The van der Waals surface area contributed by atoms with Crippen LogP contribution in [0.25, 0.3) is 10.9 Å². The van der Waals surface area contributed by atoms with Crippen LogP contribution in [-0.4, -0.2) is 53.0 Å². The molecule has 0 unspecified atom stereocenters. The summed E-state index contributed by atoms with van der Waals surface area (Å²) in [6, 6.07) is 10.7. The maximum atomic E-state index is 13.2. The molecular weight excluding hydrogens is 370 g/mol. The van der Waals surface area contributed by atoms with Gasteiger partial charge < -0.3 is 24.3 Å². The van der Waals surface area contributed by atoms with Crippen molar-refractivity contribution in [2.75, 3.05) is 20.4 Å². The van der Waals surface area contributed by atoms with Crippen LogP contribution >= 0.6 is 0 Å². The van der Waals surface area contributed by atoms with E-state index in [0.717, 1.165) is 16.5 Å². The molecule has 1 aromatic heterocycles. The summed E-state index contributed by atoms with van der Waals surface area (Å²) >= 11 is 0. The van der Waals surface area contributed by atoms with Crippen molar-refractivity contribution < 1.29 is 20.4 Å². The van der Waals surface area contributed by atoms with Gasteiger partial charge >= 0.3 is 0 Å². The van der Waals surface area contributed by atoms with Gasteiger partial charge in [-0.2, -0.15) is 0 Å². The Bertz CT molecular complexity index is 1240. The lowest BCUT2D eigenvalue weighted by Gasteiger charge is -2.46. The Balaban J connectivity index is 1.65. The molecule has 0 radical (unpaired) electrons. The van der Waals surface area contributed by atoms with Crippen LogP contribution in [0.2, 0.25) is 0 Å². The van der Waals surface area contributed by atoms with Crippen molar-refractivity contribution in [1.29, 1.82) is 0 Å².